The molecule has 1 aromatic rings. The van der Waals surface area contributed by atoms with Crippen LogP contribution >= 0.6 is 0 Å². The standard InChI is InChI=1S/C14H21NO5S/c1-4-10(2)9-15-21(18,19)13-6-5-12(20-3)7-11(13)8-14(16)17/h5-7,10,15H,4,8-9H2,1-3H3,(H,16,17). The van der Waals surface area contributed by atoms with Crippen molar-refractivity contribution < 1.29 is 23.1 Å². The zero-order valence-electron chi connectivity index (χ0n) is 12.4. The van der Waals surface area contributed by atoms with E-state index in [9.17, 15) is 13.2 Å². The van der Waals surface area contributed by atoms with E-state index in [0.29, 0.717) is 12.3 Å². The Morgan fingerprint density at radius 1 is 1.43 bits per heavy atom. The first kappa shape index (κ1) is 17.5. The molecule has 0 heterocycles. The molecule has 6 nitrogen and oxygen atoms in total. The molecular weight excluding hydrogens is 294 g/mol. The Labute approximate surface area is 125 Å². The Morgan fingerprint density at radius 3 is 2.62 bits per heavy atom. The van der Waals surface area contributed by atoms with Gasteiger partial charge in [0.05, 0.1) is 18.4 Å². The van der Waals surface area contributed by atoms with E-state index in [4.69, 9.17) is 9.84 Å². The number of nitrogens with one attached hydrogen (secondary N) is 1. The van der Waals surface area contributed by atoms with Crippen LogP contribution in [0.2, 0.25) is 0 Å². The summed E-state index contributed by atoms with van der Waals surface area (Å²) in [5, 5.41) is 8.92. The van der Waals surface area contributed by atoms with Crippen LogP contribution in [-0.4, -0.2) is 33.1 Å². The van der Waals surface area contributed by atoms with Gasteiger partial charge in [-0.3, -0.25) is 4.79 Å². The normalized spacial score (nSPS) is 12.9. The lowest BCUT2D eigenvalue weighted by molar-refractivity contribution is -0.136. The third-order valence-corrected chi connectivity index (χ3v) is 4.74. The van der Waals surface area contributed by atoms with Crippen LogP contribution in [0.4, 0.5) is 0 Å². The number of benzene rings is 1. The smallest absolute Gasteiger partial charge is 0.307 e. The molecular formula is C14H21NO5S. The van der Waals surface area contributed by atoms with Crippen LogP contribution < -0.4 is 9.46 Å². The molecule has 0 aliphatic rings. The van der Waals surface area contributed by atoms with Gasteiger partial charge >= 0.3 is 5.97 Å². The number of aliphatic carboxylic acids is 1. The Bertz CT molecular complexity index is 597. The molecule has 1 aromatic carbocycles. The van der Waals surface area contributed by atoms with Crippen LogP contribution in [0.25, 0.3) is 0 Å². The Kier molecular flexibility index (Phi) is 6.17. The van der Waals surface area contributed by atoms with Crippen molar-refractivity contribution in [2.75, 3.05) is 13.7 Å². The Morgan fingerprint density at radius 2 is 2.10 bits per heavy atom. The first-order valence-electron chi connectivity index (χ1n) is 6.68. The summed E-state index contributed by atoms with van der Waals surface area (Å²) in [6.07, 6.45) is 0.476. The number of rotatable bonds is 8. The van der Waals surface area contributed by atoms with Crippen molar-refractivity contribution in [1.29, 1.82) is 0 Å². The molecule has 21 heavy (non-hydrogen) atoms. The van der Waals surface area contributed by atoms with Crippen LogP contribution in [0.5, 0.6) is 5.75 Å². The van der Waals surface area contributed by atoms with E-state index >= 15 is 0 Å². The second kappa shape index (κ2) is 7.42. The number of hydrogen-bond acceptors (Lipinski definition) is 4. The molecule has 0 aliphatic carbocycles. The number of carboxylic acid groups (broad SMARTS) is 1. The van der Waals surface area contributed by atoms with E-state index in [1.807, 2.05) is 13.8 Å². The fraction of sp³-hybridized carbons (Fsp3) is 0.500. The maximum Gasteiger partial charge on any atom is 0.307 e. The lowest BCUT2D eigenvalue weighted by Crippen LogP contribution is -2.29. The summed E-state index contributed by atoms with van der Waals surface area (Å²) in [4.78, 5) is 10.9. The van der Waals surface area contributed by atoms with Crippen LogP contribution in [0.1, 0.15) is 25.8 Å². The van der Waals surface area contributed by atoms with Gasteiger partial charge in [0.1, 0.15) is 5.75 Å². The fourth-order valence-corrected chi connectivity index (χ4v) is 3.10. The second-order valence-electron chi connectivity index (χ2n) is 4.91. The number of carbonyl (C=O) groups is 1. The first-order chi connectivity index (χ1) is 9.80. The summed E-state index contributed by atoms with van der Waals surface area (Å²) < 4.78 is 32.1. The van der Waals surface area contributed by atoms with Gasteiger partial charge in [-0.25, -0.2) is 13.1 Å². The minimum Gasteiger partial charge on any atom is -0.497 e. The number of hydrogen-bond donors (Lipinski definition) is 2. The van der Waals surface area contributed by atoms with Crippen molar-refractivity contribution in [3.63, 3.8) is 0 Å². The molecule has 0 saturated carbocycles. The van der Waals surface area contributed by atoms with Gasteiger partial charge in [-0.1, -0.05) is 20.3 Å². The lowest BCUT2D eigenvalue weighted by Gasteiger charge is -2.14. The molecule has 1 atom stereocenters. The van der Waals surface area contributed by atoms with E-state index in [-0.39, 0.29) is 22.8 Å². The minimum absolute atomic E-state index is 0.0194. The largest absolute Gasteiger partial charge is 0.497 e. The monoisotopic (exact) mass is 315 g/mol. The highest BCUT2D eigenvalue weighted by Gasteiger charge is 2.21. The SMILES string of the molecule is CCC(C)CNS(=O)(=O)c1ccc(OC)cc1CC(=O)O. The first-order valence-corrected chi connectivity index (χ1v) is 8.16. The van der Waals surface area contributed by atoms with Gasteiger partial charge in [0.15, 0.2) is 0 Å². The number of methoxy groups -OCH3 is 1. The highest BCUT2D eigenvalue weighted by molar-refractivity contribution is 7.89. The summed E-state index contributed by atoms with van der Waals surface area (Å²) in [6, 6.07) is 4.31. The predicted octanol–water partition coefficient (Wildman–Crippen LogP) is 1.65. The van der Waals surface area contributed by atoms with Crippen molar-refractivity contribution in [1.82, 2.24) is 4.72 Å². The number of sulfonamides is 1. The van der Waals surface area contributed by atoms with Crippen LogP contribution in [0.15, 0.2) is 23.1 Å². The van der Waals surface area contributed by atoms with Crippen molar-refractivity contribution >= 4 is 16.0 Å². The molecule has 0 saturated heterocycles. The van der Waals surface area contributed by atoms with E-state index < -0.39 is 16.0 Å². The van der Waals surface area contributed by atoms with E-state index in [1.54, 1.807) is 0 Å². The minimum atomic E-state index is -3.74. The zero-order chi connectivity index (χ0) is 16.0. The third kappa shape index (κ3) is 5.02. The molecule has 0 radical (unpaired) electrons. The summed E-state index contributed by atoms with van der Waals surface area (Å²) in [7, 11) is -2.30. The second-order valence-corrected chi connectivity index (χ2v) is 6.64. The highest BCUT2D eigenvalue weighted by Crippen LogP contribution is 2.22. The Hall–Kier alpha value is -1.60. The molecule has 0 aliphatic heterocycles. The molecule has 1 unspecified atom stereocenters. The fourth-order valence-electron chi connectivity index (χ4n) is 1.72. The van der Waals surface area contributed by atoms with Crippen LogP contribution in [-0.2, 0) is 21.2 Å². The van der Waals surface area contributed by atoms with Crippen molar-refractivity contribution in [2.24, 2.45) is 5.92 Å². The van der Waals surface area contributed by atoms with Crippen molar-refractivity contribution in [3.05, 3.63) is 23.8 Å². The van der Waals surface area contributed by atoms with E-state index in [1.165, 1.54) is 25.3 Å². The van der Waals surface area contributed by atoms with E-state index in [0.717, 1.165) is 6.42 Å². The van der Waals surface area contributed by atoms with Crippen molar-refractivity contribution in [2.45, 2.75) is 31.6 Å². The Balaban J connectivity index is 3.12. The number of carboxylic acids is 1. The van der Waals surface area contributed by atoms with Crippen LogP contribution in [0, 0.1) is 5.92 Å². The van der Waals surface area contributed by atoms with Crippen molar-refractivity contribution in [3.8, 4) is 5.75 Å². The zero-order valence-corrected chi connectivity index (χ0v) is 13.2. The topological polar surface area (TPSA) is 92.7 Å². The van der Waals surface area contributed by atoms with Gasteiger partial charge in [0, 0.05) is 6.54 Å². The van der Waals surface area contributed by atoms with Gasteiger partial charge in [0.25, 0.3) is 0 Å². The third-order valence-electron chi connectivity index (χ3n) is 3.22. The van der Waals surface area contributed by atoms with E-state index in [2.05, 4.69) is 4.72 Å². The molecule has 1 rings (SSSR count). The lowest BCUT2D eigenvalue weighted by atomic mass is 10.1. The molecule has 118 valence electrons. The molecule has 2 N–H and O–H groups in total. The van der Waals surface area contributed by atoms with Gasteiger partial charge in [-0.05, 0) is 29.7 Å². The van der Waals surface area contributed by atoms with Gasteiger partial charge in [0.2, 0.25) is 10.0 Å². The molecule has 0 amide bonds. The molecule has 0 bridgehead atoms. The summed E-state index contributed by atoms with van der Waals surface area (Å²) in [5.41, 5.74) is 0.207. The van der Waals surface area contributed by atoms with Gasteiger partial charge in [-0.15, -0.1) is 0 Å². The number of ether oxygens (including phenoxy) is 1. The molecule has 0 fully saturated rings. The highest BCUT2D eigenvalue weighted by atomic mass is 32.2. The summed E-state index contributed by atoms with van der Waals surface area (Å²) in [6.45, 7) is 4.23. The molecule has 0 aromatic heterocycles. The quantitative estimate of drug-likeness (QED) is 0.761. The van der Waals surface area contributed by atoms with Crippen LogP contribution in [0.3, 0.4) is 0 Å². The van der Waals surface area contributed by atoms with Gasteiger partial charge in [-0.2, -0.15) is 0 Å². The summed E-state index contributed by atoms with van der Waals surface area (Å²) in [5.74, 6) is -0.463. The average molecular weight is 315 g/mol. The van der Waals surface area contributed by atoms with Gasteiger partial charge < -0.3 is 9.84 Å². The average Bonchev–Trinajstić information content (AvgIpc) is 2.43. The predicted molar refractivity (Wildman–Crippen MR) is 79.0 cm³/mol. The maximum atomic E-state index is 12.3. The summed E-state index contributed by atoms with van der Waals surface area (Å²) >= 11 is 0. The maximum absolute atomic E-state index is 12.3. The molecule has 7 heteroatoms. The molecule has 0 spiro atoms.